The summed E-state index contributed by atoms with van der Waals surface area (Å²) in [6, 6.07) is 9.87. The molecule has 1 aromatic heterocycles. The van der Waals surface area contributed by atoms with E-state index in [4.69, 9.17) is 14.2 Å². The van der Waals surface area contributed by atoms with Gasteiger partial charge in [0.25, 0.3) is 0 Å². The Morgan fingerprint density at radius 1 is 1.13 bits per heavy atom. The van der Waals surface area contributed by atoms with Gasteiger partial charge >= 0.3 is 0 Å². The lowest BCUT2D eigenvalue weighted by Gasteiger charge is -2.27. The molecule has 0 atom stereocenters. The third kappa shape index (κ3) is 3.56. The molecule has 1 aliphatic heterocycles. The van der Waals surface area contributed by atoms with E-state index in [1.807, 2.05) is 30.5 Å². The Bertz CT molecular complexity index is 660. The fourth-order valence-electron chi connectivity index (χ4n) is 2.87. The topological polar surface area (TPSA) is 43.8 Å². The van der Waals surface area contributed by atoms with Gasteiger partial charge in [-0.15, -0.1) is 0 Å². The summed E-state index contributed by atoms with van der Waals surface area (Å²) >= 11 is 0. The smallest absolute Gasteiger partial charge is 0.165 e. The summed E-state index contributed by atoms with van der Waals surface area (Å²) in [6.45, 7) is 3.19. The molecule has 2 aromatic rings. The van der Waals surface area contributed by atoms with Gasteiger partial charge in [-0.2, -0.15) is 0 Å². The lowest BCUT2D eigenvalue weighted by Crippen LogP contribution is -2.28. The number of aromatic nitrogens is 1. The predicted octanol–water partition coefficient (Wildman–Crippen LogP) is 2.88. The normalized spacial score (nSPS) is 15.0. The molecule has 5 nitrogen and oxygen atoms in total. The lowest BCUT2D eigenvalue weighted by atomic mass is 10.1. The van der Waals surface area contributed by atoms with Crippen molar-refractivity contribution in [2.75, 3.05) is 27.4 Å². The monoisotopic (exact) mass is 314 g/mol. The molecule has 5 heteroatoms. The van der Waals surface area contributed by atoms with Crippen LogP contribution in [0.25, 0.3) is 0 Å². The fraction of sp³-hybridized carbons (Fsp3) is 0.389. The number of methoxy groups -OCH3 is 2. The molecule has 2 heterocycles. The fourth-order valence-corrected chi connectivity index (χ4v) is 2.87. The van der Waals surface area contributed by atoms with Crippen LogP contribution in [0.3, 0.4) is 0 Å². The maximum absolute atomic E-state index is 5.90. The van der Waals surface area contributed by atoms with E-state index in [0.717, 1.165) is 54.6 Å². The summed E-state index contributed by atoms with van der Waals surface area (Å²) in [6.07, 6.45) is 2.77. The highest BCUT2D eigenvalue weighted by Gasteiger charge is 2.18. The first-order chi connectivity index (χ1) is 11.3. The summed E-state index contributed by atoms with van der Waals surface area (Å²) in [5.74, 6) is 2.48. The van der Waals surface area contributed by atoms with E-state index >= 15 is 0 Å². The van der Waals surface area contributed by atoms with Gasteiger partial charge < -0.3 is 14.2 Å². The number of hydrogen-bond donors (Lipinski definition) is 0. The Balaban J connectivity index is 1.83. The van der Waals surface area contributed by atoms with Crippen LogP contribution in [0.5, 0.6) is 17.2 Å². The Labute approximate surface area is 136 Å². The van der Waals surface area contributed by atoms with Crippen LogP contribution in [-0.4, -0.2) is 37.3 Å². The number of rotatable bonds is 4. The van der Waals surface area contributed by atoms with Gasteiger partial charge in [-0.25, -0.2) is 0 Å². The molecule has 0 aliphatic carbocycles. The summed E-state index contributed by atoms with van der Waals surface area (Å²) in [4.78, 5) is 6.83. The first-order valence-corrected chi connectivity index (χ1v) is 7.80. The number of nitrogens with zero attached hydrogens (tertiary/aromatic N) is 2. The van der Waals surface area contributed by atoms with Crippen LogP contribution in [-0.2, 0) is 13.1 Å². The molecule has 0 spiro atoms. The quantitative estimate of drug-likeness (QED) is 0.868. The maximum Gasteiger partial charge on any atom is 0.165 e. The average molecular weight is 314 g/mol. The maximum atomic E-state index is 5.90. The van der Waals surface area contributed by atoms with Crippen LogP contribution in [0.4, 0.5) is 0 Å². The van der Waals surface area contributed by atoms with Crippen LogP contribution >= 0.6 is 0 Å². The highest BCUT2D eigenvalue weighted by molar-refractivity contribution is 5.46. The Morgan fingerprint density at radius 2 is 1.96 bits per heavy atom. The molecule has 0 radical (unpaired) electrons. The summed E-state index contributed by atoms with van der Waals surface area (Å²) in [7, 11) is 3.36. The Hall–Kier alpha value is -2.27. The molecule has 0 unspecified atom stereocenters. The summed E-state index contributed by atoms with van der Waals surface area (Å²) in [5.41, 5.74) is 2.10. The number of fused-ring (bicyclic) bond motifs is 1. The van der Waals surface area contributed by atoms with E-state index in [1.54, 1.807) is 14.2 Å². The molecule has 0 saturated heterocycles. The van der Waals surface area contributed by atoms with E-state index in [9.17, 15) is 0 Å². The van der Waals surface area contributed by atoms with Gasteiger partial charge in [0.2, 0.25) is 0 Å². The summed E-state index contributed by atoms with van der Waals surface area (Å²) < 4.78 is 16.7. The van der Waals surface area contributed by atoms with Gasteiger partial charge in [0.1, 0.15) is 5.75 Å². The molecule has 1 aliphatic rings. The number of pyridine rings is 1. The van der Waals surface area contributed by atoms with Gasteiger partial charge in [0.15, 0.2) is 11.5 Å². The molecule has 0 amide bonds. The molecule has 0 N–H and O–H groups in total. The molecule has 122 valence electrons. The van der Waals surface area contributed by atoms with Gasteiger partial charge in [0.05, 0.1) is 26.5 Å². The molecular weight excluding hydrogens is 292 g/mol. The predicted molar refractivity (Wildman–Crippen MR) is 88.0 cm³/mol. The van der Waals surface area contributed by atoms with Crippen molar-refractivity contribution in [1.29, 1.82) is 0 Å². The first-order valence-electron chi connectivity index (χ1n) is 7.80. The summed E-state index contributed by atoms with van der Waals surface area (Å²) in [5, 5.41) is 0. The number of para-hydroxylation sites is 1. The van der Waals surface area contributed by atoms with Gasteiger partial charge in [-0.05, 0) is 24.6 Å². The minimum absolute atomic E-state index is 0.684. The lowest BCUT2D eigenvalue weighted by molar-refractivity contribution is 0.192. The SMILES string of the molecule is COc1cccnc1CN1CCCOc2c(cccc2OC)C1. The minimum atomic E-state index is 0.684. The number of benzene rings is 1. The number of hydrogen-bond acceptors (Lipinski definition) is 5. The molecule has 0 fully saturated rings. The van der Waals surface area contributed by atoms with Crippen LogP contribution in [0.2, 0.25) is 0 Å². The zero-order valence-electron chi connectivity index (χ0n) is 13.6. The van der Waals surface area contributed by atoms with Crippen LogP contribution in [0.15, 0.2) is 36.5 Å². The third-order valence-electron chi connectivity index (χ3n) is 3.98. The van der Waals surface area contributed by atoms with E-state index in [0.29, 0.717) is 6.61 Å². The largest absolute Gasteiger partial charge is 0.495 e. The highest BCUT2D eigenvalue weighted by atomic mass is 16.5. The van der Waals surface area contributed by atoms with Gasteiger partial charge in [-0.3, -0.25) is 9.88 Å². The van der Waals surface area contributed by atoms with E-state index in [1.165, 1.54) is 0 Å². The van der Waals surface area contributed by atoms with Crippen LogP contribution < -0.4 is 14.2 Å². The molecule has 23 heavy (non-hydrogen) atoms. The Kier molecular flexibility index (Phi) is 4.98. The minimum Gasteiger partial charge on any atom is -0.495 e. The van der Waals surface area contributed by atoms with E-state index < -0.39 is 0 Å². The van der Waals surface area contributed by atoms with Crippen molar-refractivity contribution in [3.8, 4) is 17.2 Å². The van der Waals surface area contributed by atoms with Crippen LogP contribution in [0, 0.1) is 0 Å². The average Bonchev–Trinajstić information content (AvgIpc) is 2.57. The second-order valence-electron chi connectivity index (χ2n) is 5.51. The van der Waals surface area contributed by atoms with Crippen molar-refractivity contribution < 1.29 is 14.2 Å². The van der Waals surface area contributed by atoms with Crippen molar-refractivity contribution >= 4 is 0 Å². The zero-order chi connectivity index (χ0) is 16.1. The molecule has 0 bridgehead atoms. The Morgan fingerprint density at radius 3 is 2.78 bits per heavy atom. The van der Waals surface area contributed by atoms with Crippen molar-refractivity contribution in [2.45, 2.75) is 19.5 Å². The number of ether oxygens (including phenoxy) is 3. The molecule has 1 aromatic carbocycles. The third-order valence-corrected chi connectivity index (χ3v) is 3.98. The van der Waals surface area contributed by atoms with Gasteiger partial charge in [0, 0.05) is 31.4 Å². The standard InChI is InChI=1S/C18H22N2O3/c1-21-16-8-4-9-19-15(16)13-20-10-5-11-23-18-14(12-20)6-3-7-17(18)22-2/h3-4,6-9H,5,10-13H2,1-2H3. The van der Waals surface area contributed by atoms with Crippen molar-refractivity contribution in [1.82, 2.24) is 9.88 Å². The highest BCUT2D eigenvalue weighted by Crippen LogP contribution is 2.33. The molecular formula is C18H22N2O3. The van der Waals surface area contributed by atoms with Crippen LogP contribution in [0.1, 0.15) is 17.7 Å². The van der Waals surface area contributed by atoms with Crippen molar-refractivity contribution in [3.63, 3.8) is 0 Å². The second kappa shape index (κ2) is 7.33. The van der Waals surface area contributed by atoms with Crippen molar-refractivity contribution in [2.24, 2.45) is 0 Å². The van der Waals surface area contributed by atoms with E-state index in [-0.39, 0.29) is 0 Å². The second-order valence-corrected chi connectivity index (χ2v) is 5.51. The molecule has 3 rings (SSSR count). The first kappa shape index (κ1) is 15.6. The molecule has 0 saturated carbocycles. The van der Waals surface area contributed by atoms with E-state index in [2.05, 4.69) is 16.0 Å². The zero-order valence-corrected chi connectivity index (χ0v) is 13.6. The van der Waals surface area contributed by atoms with Crippen molar-refractivity contribution in [3.05, 3.63) is 47.8 Å². The van der Waals surface area contributed by atoms with Gasteiger partial charge in [-0.1, -0.05) is 12.1 Å².